The minimum atomic E-state index is -4.53. The van der Waals surface area contributed by atoms with Crippen molar-refractivity contribution in [1.29, 1.82) is 0 Å². The van der Waals surface area contributed by atoms with Gasteiger partial charge in [0.2, 0.25) is 0 Å². The van der Waals surface area contributed by atoms with Crippen molar-refractivity contribution in [3.63, 3.8) is 0 Å². The van der Waals surface area contributed by atoms with Crippen LogP contribution in [-0.4, -0.2) is 67.1 Å². The highest BCUT2D eigenvalue weighted by Crippen LogP contribution is 2.33. The molecule has 4 rings (SSSR count). The summed E-state index contributed by atoms with van der Waals surface area (Å²) in [5, 5.41) is 0.318. The number of nitrogen functional groups attached to an aromatic ring is 1. The molecule has 39 heavy (non-hydrogen) atoms. The summed E-state index contributed by atoms with van der Waals surface area (Å²) in [6.45, 7) is 0.939. The van der Waals surface area contributed by atoms with Gasteiger partial charge in [-0.2, -0.15) is 13.2 Å². The first kappa shape index (κ1) is 28.0. The fourth-order valence-corrected chi connectivity index (χ4v) is 4.52. The maximum Gasteiger partial charge on any atom is 0.416 e. The Morgan fingerprint density at radius 2 is 1.74 bits per heavy atom. The smallest absolute Gasteiger partial charge is 0.416 e. The largest absolute Gasteiger partial charge is 0.445 e. The van der Waals surface area contributed by atoms with Gasteiger partial charge in [0.1, 0.15) is 6.61 Å². The molecule has 1 aliphatic rings. The van der Waals surface area contributed by atoms with Crippen LogP contribution in [-0.2, 0) is 17.5 Å². The van der Waals surface area contributed by atoms with Crippen LogP contribution >= 0.6 is 11.6 Å². The number of anilines is 2. The summed E-state index contributed by atoms with van der Waals surface area (Å²) < 4.78 is 44.7. The van der Waals surface area contributed by atoms with Crippen LogP contribution in [0.4, 0.5) is 29.5 Å². The van der Waals surface area contributed by atoms with Crippen molar-refractivity contribution in [2.75, 3.05) is 50.9 Å². The quantitative estimate of drug-likeness (QED) is 0.462. The summed E-state index contributed by atoms with van der Waals surface area (Å²) in [5.74, 6) is 0.352. The Morgan fingerprint density at radius 1 is 1.05 bits per heavy atom. The lowest BCUT2D eigenvalue weighted by Crippen LogP contribution is -2.49. The number of benzene rings is 2. The Labute approximate surface area is 228 Å². The lowest BCUT2D eigenvalue weighted by molar-refractivity contribution is -0.138. The van der Waals surface area contributed by atoms with Crippen molar-refractivity contribution in [3.8, 4) is 11.1 Å². The molecular formula is C27H27ClF3N5O3. The molecular weight excluding hydrogens is 535 g/mol. The van der Waals surface area contributed by atoms with Crippen LogP contribution < -0.4 is 10.6 Å². The summed E-state index contributed by atoms with van der Waals surface area (Å²) in [7, 11) is 3.30. The molecule has 1 aliphatic heterocycles. The SMILES string of the molecule is CN(C)C(=O)c1ccc(-c2cnc(N3CCN(C(=O)OCc4ccccc4C(F)(F)F)CC3)c(N)c2)cc1Cl. The van der Waals surface area contributed by atoms with Gasteiger partial charge in [-0.25, -0.2) is 9.78 Å². The topological polar surface area (TPSA) is 92.0 Å². The molecule has 2 aromatic carbocycles. The van der Waals surface area contributed by atoms with E-state index in [1.807, 2.05) is 4.90 Å². The van der Waals surface area contributed by atoms with E-state index in [9.17, 15) is 22.8 Å². The molecule has 206 valence electrons. The number of alkyl halides is 3. The molecule has 2 amide bonds. The van der Waals surface area contributed by atoms with E-state index in [1.54, 1.807) is 44.6 Å². The fraction of sp³-hybridized carbons (Fsp3) is 0.296. The Kier molecular flexibility index (Phi) is 8.19. The van der Waals surface area contributed by atoms with Gasteiger partial charge in [-0.15, -0.1) is 0 Å². The zero-order valence-electron chi connectivity index (χ0n) is 21.3. The molecule has 1 fully saturated rings. The first-order valence-corrected chi connectivity index (χ1v) is 12.4. The van der Waals surface area contributed by atoms with Crippen molar-refractivity contribution in [3.05, 3.63) is 76.4 Å². The van der Waals surface area contributed by atoms with Crippen molar-refractivity contribution in [2.24, 2.45) is 0 Å². The summed E-state index contributed by atoms with van der Waals surface area (Å²) in [5.41, 5.74) is 7.67. The number of ether oxygens (including phenoxy) is 1. The molecule has 0 atom stereocenters. The molecule has 12 heteroatoms. The lowest BCUT2D eigenvalue weighted by Gasteiger charge is -2.35. The van der Waals surface area contributed by atoms with E-state index >= 15 is 0 Å². The monoisotopic (exact) mass is 561 g/mol. The fourth-order valence-electron chi connectivity index (χ4n) is 4.26. The number of amides is 2. The van der Waals surface area contributed by atoms with E-state index in [0.717, 1.165) is 17.2 Å². The molecule has 0 saturated carbocycles. The number of hydrogen-bond acceptors (Lipinski definition) is 6. The molecule has 2 heterocycles. The van der Waals surface area contributed by atoms with E-state index in [4.69, 9.17) is 22.1 Å². The van der Waals surface area contributed by atoms with Crippen LogP contribution in [0.5, 0.6) is 0 Å². The van der Waals surface area contributed by atoms with Crippen LogP contribution in [0.15, 0.2) is 54.7 Å². The third kappa shape index (κ3) is 6.36. The van der Waals surface area contributed by atoms with Gasteiger partial charge in [0.05, 0.1) is 21.8 Å². The minimum absolute atomic E-state index is 0.103. The number of piperazine rings is 1. The van der Waals surface area contributed by atoms with Crippen molar-refractivity contribution in [1.82, 2.24) is 14.8 Å². The van der Waals surface area contributed by atoms with E-state index in [0.29, 0.717) is 48.3 Å². The average molecular weight is 562 g/mol. The molecule has 0 bridgehead atoms. The van der Waals surface area contributed by atoms with E-state index in [1.165, 1.54) is 28.0 Å². The Hall–Kier alpha value is -3.99. The maximum absolute atomic E-state index is 13.2. The zero-order valence-corrected chi connectivity index (χ0v) is 22.1. The molecule has 1 aromatic heterocycles. The predicted molar refractivity (Wildman–Crippen MR) is 143 cm³/mol. The molecule has 0 radical (unpaired) electrons. The number of aromatic nitrogens is 1. The molecule has 2 N–H and O–H groups in total. The molecule has 0 aliphatic carbocycles. The van der Waals surface area contributed by atoms with Gasteiger partial charge < -0.3 is 25.2 Å². The van der Waals surface area contributed by atoms with E-state index < -0.39 is 24.4 Å². The Balaban J connectivity index is 1.37. The first-order valence-electron chi connectivity index (χ1n) is 12.0. The number of pyridine rings is 1. The van der Waals surface area contributed by atoms with E-state index in [2.05, 4.69) is 4.98 Å². The summed E-state index contributed by atoms with van der Waals surface area (Å²) in [6.07, 6.45) is -3.56. The average Bonchev–Trinajstić information content (AvgIpc) is 2.91. The first-order chi connectivity index (χ1) is 18.5. The standard InChI is InChI=1S/C27H27ClF3N5O3/c1-34(2)25(37)20-8-7-17(13-22(20)28)19-14-23(32)24(33-15-19)35-9-11-36(12-10-35)26(38)39-16-18-5-3-4-6-21(18)27(29,30)31/h3-8,13-15H,9-12,16,32H2,1-2H3. The van der Waals surface area contributed by atoms with Crippen LogP contribution in [0.1, 0.15) is 21.5 Å². The predicted octanol–water partition coefficient (Wildman–Crippen LogP) is 5.16. The summed E-state index contributed by atoms with van der Waals surface area (Å²) >= 11 is 6.34. The summed E-state index contributed by atoms with van der Waals surface area (Å²) in [6, 6.07) is 11.9. The highest BCUT2D eigenvalue weighted by atomic mass is 35.5. The number of rotatable bonds is 5. The van der Waals surface area contributed by atoms with Crippen LogP contribution in [0.25, 0.3) is 11.1 Å². The van der Waals surface area contributed by atoms with Crippen LogP contribution in [0.3, 0.4) is 0 Å². The highest BCUT2D eigenvalue weighted by Gasteiger charge is 2.33. The third-order valence-electron chi connectivity index (χ3n) is 6.35. The van der Waals surface area contributed by atoms with Crippen LogP contribution in [0.2, 0.25) is 5.02 Å². The van der Waals surface area contributed by atoms with Crippen molar-refractivity contribution < 1.29 is 27.5 Å². The number of carbonyl (C=O) groups is 2. The van der Waals surface area contributed by atoms with Gasteiger partial charge in [-0.05, 0) is 29.8 Å². The number of nitrogens with zero attached hydrogens (tertiary/aromatic N) is 4. The normalized spacial score (nSPS) is 13.8. The second-order valence-corrected chi connectivity index (χ2v) is 9.62. The number of halogens is 4. The molecule has 0 unspecified atom stereocenters. The summed E-state index contributed by atoms with van der Waals surface area (Å²) in [4.78, 5) is 34.1. The molecule has 3 aromatic rings. The second-order valence-electron chi connectivity index (χ2n) is 9.21. The van der Waals surface area contributed by atoms with Crippen molar-refractivity contribution in [2.45, 2.75) is 12.8 Å². The second kappa shape index (κ2) is 11.4. The highest BCUT2D eigenvalue weighted by molar-refractivity contribution is 6.34. The van der Waals surface area contributed by atoms with Crippen molar-refractivity contribution >= 4 is 35.1 Å². The van der Waals surface area contributed by atoms with Gasteiger partial charge in [-0.1, -0.05) is 35.9 Å². The minimum Gasteiger partial charge on any atom is -0.445 e. The van der Waals surface area contributed by atoms with Crippen LogP contribution in [0, 0.1) is 0 Å². The maximum atomic E-state index is 13.2. The van der Waals surface area contributed by atoms with Gasteiger partial charge in [0, 0.05) is 57.6 Å². The Morgan fingerprint density at radius 3 is 2.36 bits per heavy atom. The zero-order chi connectivity index (χ0) is 28.3. The number of nitrogens with two attached hydrogens (primary N) is 1. The number of hydrogen-bond donors (Lipinski definition) is 1. The van der Waals surface area contributed by atoms with Gasteiger partial charge >= 0.3 is 12.3 Å². The van der Waals surface area contributed by atoms with Gasteiger partial charge in [0.15, 0.2) is 5.82 Å². The Bertz CT molecular complexity index is 1380. The molecule has 0 spiro atoms. The third-order valence-corrected chi connectivity index (χ3v) is 6.66. The van der Waals surface area contributed by atoms with E-state index in [-0.39, 0.29) is 11.5 Å². The lowest BCUT2D eigenvalue weighted by atomic mass is 10.0. The molecule has 1 saturated heterocycles. The van der Waals surface area contributed by atoms with Gasteiger partial charge in [-0.3, -0.25) is 4.79 Å². The number of carbonyl (C=O) groups excluding carboxylic acids is 2. The van der Waals surface area contributed by atoms with Gasteiger partial charge in [0.25, 0.3) is 5.91 Å². The molecule has 8 nitrogen and oxygen atoms in total.